The van der Waals surface area contributed by atoms with E-state index in [-0.39, 0.29) is 24.0 Å². The smallest absolute Gasteiger partial charge is 0.191 e. The fourth-order valence-electron chi connectivity index (χ4n) is 2.86. The molecule has 0 spiro atoms. The van der Waals surface area contributed by atoms with Crippen LogP contribution in [0.3, 0.4) is 0 Å². The normalized spacial score (nSPS) is 15.5. The number of hydrogen-bond acceptors (Lipinski definition) is 5. The van der Waals surface area contributed by atoms with Crippen LogP contribution in [0, 0.1) is 0 Å². The van der Waals surface area contributed by atoms with E-state index in [1.807, 2.05) is 26.0 Å². The summed E-state index contributed by atoms with van der Waals surface area (Å²) in [5.41, 5.74) is 1.05. The van der Waals surface area contributed by atoms with Gasteiger partial charge in [-0.2, -0.15) is 0 Å². The van der Waals surface area contributed by atoms with Gasteiger partial charge < -0.3 is 20.4 Å². The Kier molecular flexibility index (Phi) is 9.91. The first-order valence-electron chi connectivity index (χ1n) is 8.36. The third-order valence-electron chi connectivity index (χ3n) is 4.29. The molecule has 0 amide bonds. The Hall–Kier alpha value is -0.610. The molecule has 138 valence electrons. The molecular formula is C16H31IN6S. The summed E-state index contributed by atoms with van der Waals surface area (Å²) in [7, 11) is 8.06. The second kappa shape index (κ2) is 11.1. The number of rotatable bonds is 7. The molecule has 0 saturated heterocycles. The highest BCUT2D eigenvalue weighted by molar-refractivity contribution is 14.0. The molecular weight excluding hydrogens is 435 g/mol. The molecule has 8 heteroatoms. The third-order valence-corrected chi connectivity index (χ3v) is 5.34. The highest BCUT2D eigenvalue weighted by atomic mass is 127. The van der Waals surface area contributed by atoms with Gasteiger partial charge in [-0.05, 0) is 19.9 Å². The number of nitrogens with one attached hydrogen (secondary N) is 2. The minimum Gasteiger partial charge on any atom is -0.355 e. The SMILES string of the molecule is CN=C(NCCN(C)C1CCCC1)NCc1csc(N(C)C)n1.I. The second-order valence-corrected chi connectivity index (χ2v) is 7.12. The maximum atomic E-state index is 4.57. The van der Waals surface area contributed by atoms with Crippen molar-refractivity contribution in [2.24, 2.45) is 4.99 Å². The number of aliphatic imine (C=N–C) groups is 1. The van der Waals surface area contributed by atoms with Gasteiger partial charge in [0.2, 0.25) is 0 Å². The van der Waals surface area contributed by atoms with Gasteiger partial charge in [0.15, 0.2) is 11.1 Å². The van der Waals surface area contributed by atoms with Crippen molar-refractivity contribution < 1.29 is 0 Å². The summed E-state index contributed by atoms with van der Waals surface area (Å²) in [6.07, 6.45) is 5.46. The fraction of sp³-hybridized carbons (Fsp3) is 0.750. The van der Waals surface area contributed by atoms with E-state index in [4.69, 9.17) is 0 Å². The molecule has 0 aliphatic heterocycles. The van der Waals surface area contributed by atoms with Crippen LogP contribution < -0.4 is 15.5 Å². The summed E-state index contributed by atoms with van der Waals surface area (Å²) in [5.74, 6) is 0.837. The predicted molar refractivity (Wildman–Crippen MR) is 115 cm³/mol. The first-order chi connectivity index (χ1) is 11.1. The number of nitrogens with zero attached hydrogens (tertiary/aromatic N) is 4. The summed E-state index contributed by atoms with van der Waals surface area (Å²) in [4.78, 5) is 13.3. The van der Waals surface area contributed by atoms with Crippen LogP contribution in [0.15, 0.2) is 10.4 Å². The van der Waals surface area contributed by atoms with Crippen LogP contribution in [0.4, 0.5) is 5.13 Å². The number of halogens is 1. The minimum atomic E-state index is 0. The second-order valence-electron chi connectivity index (χ2n) is 6.29. The van der Waals surface area contributed by atoms with Crippen molar-refractivity contribution in [3.8, 4) is 0 Å². The third kappa shape index (κ3) is 6.72. The van der Waals surface area contributed by atoms with Crippen LogP contribution in [0.5, 0.6) is 0 Å². The van der Waals surface area contributed by atoms with E-state index in [9.17, 15) is 0 Å². The molecule has 24 heavy (non-hydrogen) atoms. The largest absolute Gasteiger partial charge is 0.355 e. The standard InChI is InChI=1S/C16H30N6S.HI/c1-17-15(18-9-10-22(4)14-7-5-6-8-14)19-11-13-12-23-16(20-13)21(2)3;/h12,14H,5-11H2,1-4H3,(H2,17,18,19);1H. The Bertz CT molecular complexity index is 499. The first-order valence-corrected chi connectivity index (χ1v) is 9.24. The molecule has 0 atom stereocenters. The quantitative estimate of drug-likeness (QED) is 0.367. The van der Waals surface area contributed by atoms with Crippen LogP contribution in [-0.4, -0.2) is 63.2 Å². The first kappa shape index (κ1) is 21.4. The predicted octanol–water partition coefficient (Wildman–Crippen LogP) is 2.37. The van der Waals surface area contributed by atoms with Crippen molar-refractivity contribution in [2.75, 3.05) is 46.2 Å². The summed E-state index contributed by atoms with van der Waals surface area (Å²) in [6.45, 7) is 2.65. The van der Waals surface area contributed by atoms with Crippen molar-refractivity contribution >= 4 is 46.4 Å². The monoisotopic (exact) mass is 466 g/mol. The topological polar surface area (TPSA) is 55.8 Å². The molecule has 2 N–H and O–H groups in total. The van der Waals surface area contributed by atoms with Gasteiger partial charge in [0, 0.05) is 45.7 Å². The van der Waals surface area contributed by atoms with Crippen LogP contribution >= 0.6 is 35.3 Å². The number of guanidine groups is 1. The van der Waals surface area contributed by atoms with Crippen LogP contribution in [0.25, 0.3) is 0 Å². The molecule has 6 nitrogen and oxygen atoms in total. The molecule has 1 aromatic rings. The van der Waals surface area contributed by atoms with Crippen molar-refractivity contribution in [2.45, 2.75) is 38.3 Å². The van der Waals surface area contributed by atoms with Crippen molar-refractivity contribution in [3.63, 3.8) is 0 Å². The molecule has 1 fully saturated rings. The summed E-state index contributed by atoms with van der Waals surface area (Å²) < 4.78 is 0. The molecule has 1 aromatic heterocycles. The summed E-state index contributed by atoms with van der Waals surface area (Å²) in [5, 5.41) is 9.83. The molecule has 1 heterocycles. The Balaban J connectivity index is 0.00000288. The maximum absolute atomic E-state index is 4.57. The van der Waals surface area contributed by atoms with Gasteiger partial charge in [-0.1, -0.05) is 12.8 Å². The van der Waals surface area contributed by atoms with E-state index >= 15 is 0 Å². The summed E-state index contributed by atoms with van der Waals surface area (Å²) >= 11 is 1.66. The fourth-order valence-corrected chi connectivity index (χ4v) is 3.61. The Morgan fingerprint density at radius 2 is 2.00 bits per heavy atom. The molecule has 1 aliphatic carbocycles. The Labute approximate surface area is 167 Å². The van der Waals surface area contributed by atoms with Gasteiger partial charge in [0.1, 0.15) is 0 Å². The summed E-state index contributed by atoms with van der Waals surface area (Å²) in [6, 6.07) is 0.770. The molecule has 2 rings (SSSR count). The number of thiazole rings is 1. The molecule has 0 unspecified atom stereocenters. The van der Waals surface area contributed by atoms with Crippen LogP contribution in [0.1, 0.15) is 31.4 Å². The van der Waals surface area contributed by atoms with Gasteiger partial charge >= 0.3 is 0 Å². The molecule has 0 bridgehead atoms. The van der Waals surface area contributed by atoms with E-state index in [0.717, 1.165) is 35.9 Å². The van der Waals surface area contributed by atoms with Gasteiger partial charge in [0.05, 0.1) is 12.2 Å². The lowest BCUT2D eigenvalue weighted by Crippen LogP contribution is -2.42. The molecule has 0 aromatic carbocycles. The van der Waals surface area contributed by atoms with Gasteiger partial charge in [-0.15, -0.1) is 35.3 Å². The lowest BCUT2D eigenvalue weighted by atomic mass is 10.2. The van der Waals surface area contributed by atoms with Crippen molar-refractivity contribution in [1.82, 2.24) is 20.5 Å². The zero-order chi connectivity index (χ0) is 16.7. The molecule has 1 aliphatic rings. The zero-order valence-electron chi connectivity index (χ0n) is 15.2. The van der Waals surface area contributed by atoms with E-state index < -0.39 is 0 Å². The molecule has 0 radical (unpaired) electrons. The van der Waals surface area contributed by atoms with Crippen molar-refractivity contribution in [3.05, 3.63) is 11.1 Å². The van der Waals surface area contributed by atoms with E-state index in [0.29, 0.717) is 6.54 Å². The maximum Gasteiger partial charge on any atom is 0.191 e. The van der Waals surface area contributed by atoms with Crippen LogP contribution in [0.2, 0.25) is 0 Å². The lowest BCUT2D eigenvalue weighted by Gasteiger charge is -2.24. The molecule has 1 saturated carbocycles. The van der Waals surface area contributed by atoms with Crippen LogP contribution in [-0.2, 0) is 6.54 Å². The average Bonchev–Trinajstić information content (AvgIpc) is 3.21. The highest BCUT2D eigenvalue weighted by Gasteiger charge is 2.18. The van der Waals surface area contributed by atoms with Crippen molar-refractivity contribution in [1.29, 1.82) is 0 Å². The van der Waals surface area contributed by atoms with E-state index in [2.05, 4.69) is 37.9 Å². The number of likely N-dealkylation sites (N-methyl/N-ethyl adjacent to an activating group) is 1. The zero-order valence-corrected chi connectivity index (χ0v) is 18.4. The van der Waals surface area contributed by atoms with E-state index in [1.54, 1.807) is 11.3 Å². The van der Waals surface area contributed by atoms with E-state index in [1.165, 1.54) is 25.7 Å². The number of anilines is 1. The number of hydrogen-bond donors (Lipinski definition) is 2. The average molecular weight is 466 g/mol. The lowest BCUT2D eigenvalue weighted by molar-refractivity contribution is 0.249. The Morgan fingerprint density at radius 1 is 1.29 bits per heavy atom. The Morgan fingerprint density at radius 3 is 2.58 bits per heavy atom. The minimum absolute atomic E-state index is 0. The van der Waals surface area contributed by atoms with Gasteiger partial charge in [0.25, 0.3) is 0 Å². The number of aromatic nitrogens is 1. The van der Waals surface area contributed by atoms with Gasteiger partial charge in [-0.3, -0.25) is 4.99 Å². The van der Waals surface area contributed by atoms with Gasteiger partial charge in [-0.25, -0.2) is 4.98 Å². The highest BCUT2D eigenvalue weighted by Crippen LogP contribution is 2.21.